The summed E-state index contributed by atoms with van der Waals surface area (Å²) in [6, 6.07) is 9.55. The van der Waals surface area contributed by atoms with Gasteiger partial charge in [-0.05, 0) is 64.0 Å². The van der Waals surface area contributed by atoms with Gasteiger partial charge in [0.25, 0.3) is 11.5 Å². The molecule has 0 atom stereocenters. The average molecular weight is 425 g/mol. The van der Waals surface area contributed by atoms with Gasteiger partial charge < -0.3 is 10.2 Å². The second-order valence-electron chi connectivity index (χ2n) is 8.04. The summed E-state index contributed by atoms with van der Waals surface area (Å²) in [5, 5.41) is 3.53. The van der Waals surface area contributed by atoms with E-state index in [9.17, 15) is 9.59 Å². The monoisotopic (exact) mass is 424 g/mol. The maximum Gasteiger partial charge on any atom is 0.266 e. The standard InChI is InChI=1S/C23H28N4O2S/c1-4-8-18-25-22-19(23(29)27(18)17-11-13-26(3)14-12-17)15(2)20(30-22)21(28)24-16-9-6-5-7-10-16/h5-7,9-10,17H,4,8,11-14H2,1-3H3,(H,24,28). The van der Waals surface area contributed by atoms with Gasteiger partial charge in [0.1, 0.15) is 10.7 Å². The van der Waals surface area contributed by atoms with Crippen molar-refractivity contribution < 1.29 is 4.79 Å². The minimum atomic E-state index is -0.191. The van der Waals surface area contributed by atoms with E-state index in [4.69, 9.17) is 4.98 Å². The Bertz CT molecular complexity index is 1110. The first-order chi connectivity index (χ1) is 14.5. The molecule has 158 valence electrons. The Hall–Kier alpha value is -2.51. The molecule has 0 aliphatic carbocycles. The largest absolute Gasteiger partial charge is 0.321 e. The number of nitrogens with one attached hydrogen (secondary N) is 1. The first kappa shape index (κ1) is 20.8. The van der Waals surface area contributed by atoms with Crippen molar-refractivity contribution in [2.45, 2.75) is 45.6 Å². The quantitative estimate of drug-likeness (QED) is 0.665. The highest BCUT2D eigenvalue weighted by Gasteiger charge is 2.26. The lowest BCUT2D eigenvalue weighted by atomic mass is 10.0. The van der Waals surface area contributed by atoms with Crippen molar-refractivity contribution in [1.82, 2.24) is 14.5 Å². The summed E-state index contributed by atoms with van der Waals surface area (Å²) < 4.78 is 1.93. The van der Waals surface area contributed by atoms with E-state index in [-0.39, 0.29) is 17.5 Å². The fraction of sp³-hybridized carbons (Fsp3) is 0.435. The smallest absolute Gasteiger partial charge is 0.266 e. The van der Waals surface area contributed by atoms with E-state index in [1.54, 1.807) is 0 Å². The van der Waals surface area contributed by atoms with Crippen molar-refractivity contribution in [1.29, 1.82) is 0 Å². The molecule has 1 aliphatic heterocycles. The Balaban J connectivity index is 1.77. The van der Waals surface area contributed by atoms with E-state index in [1.165, 1.54) is 11.3 Å². The van der Waals surface area contributed by atoms with Crippen LogP contribution in [0.1, 0.15) is 53.3 Å². The highest BCUT2D eigenvalue weighted by atomic mass is 32.1. The number of aromatic nitrogens is 2. The predicted molar refractivity (Wildman–Crippen MR) is 123 cm³/mol. The molecule has 1 aliphatic rings. The van der Waals surface area contributed by atoms with Crippen molar-refractivity contribution >= 4 is 33.1 Å². The Morgan fingerprint density at radius 3 is 2.60 bits per heavy atom. The van der Waals surface area contributed by atoms with Gasteiger partial charge >= 0.3 is 0 Å². The van der Waals surface area contributed by atoms with Crippen LogP contribution >= 0.6 is 11.3 Å². The third-order valence-electron chi connectivity index (χ3n) is 5.83. The molecule has 1 N–H and O–H groups in total. The van der Waals surface area contributed by atoms with Crippen molar-refractivity contribution in [3.05, 3.63) is 57.0 Å². The first-order valence-corrected chi connectivity index (χ1v) is 11.4. The van der Waals surface area contributed by atoms with Crippen LogP contribution in [0.25, 0.3) is 10.2 Å². The lowest BCUT2D eigenvalue weighted by Gasteiger charge is -2.31. The van der Waals surface area contributed by atoms with Crippen molar-refractivity contribution in [3.8, 4) is 0 Å². The molecule has 1 aromatic carbocycles. The fourth-order valence-corrected chi connectivity index (χ4v) is 5.28. The van der Waals surface area contributed by atoms with Gasteiger partial charge in [0, 0.05) is 18.2 Å². The van der Waals surface area contributed by atoms with E-state index in [1.807, 2.05) is 41.8 Å². The van der Waals surface area contributed by atoms with E-state index in [0.29, 0.717) is 15.1 Å². The van der Waals surface area contributed by atoms with Crippen LogP contribution in [0.15, 0.2) is 35.1 Å². The molecule has 0 saturated carbocycles. The number of rotatable bonds is 5. The van der Waals surface area contributed by atoms with E-state index in [0.717, 1.165) is 55.8 Å². The van der Waals surface area contributed by atoms with Gasteiger partial charge in [0.15, 0.2) is 0 Å². The van der Waals surface area contributed by atoms with E-state index < -0.39 is 0 Å². The average Bonchev–Trinajstić information content (AvgIpc) is 3.07. The Morgan fingerprint density at radius 1 is 1.23 bits per heavy atom. The molecule has 2 aromatic heterocycles. The van der Waals surface area contributed by atoms with Gasteiger partial charge in [0.2, 0.25) is 0 Å². The minimum absolute atomic E-state index is 0.00511. The number of carbonyl (C=O) groups excluding carboxylic acids is 1. The Morgan fingerprint density at radius 2 is 1.93 bits per heavy atom. The number of benzene rings is 1. The summed E-state index contributed by atoms with van der Waals surface area (Å²) in [4.78, 5) is 34.9. The van der Waals surface area contributed by atoms with Gasteiger partial charge in [-0.3, -0.25) is 14.2 Å². The lowest BCUT2D eigenvalue weighted by Crippen LogP contribution is -2.37. The summed E-state index contributed by atoms with van der Waals surface area (Å²) >= 11 is 1.32. The third kappa shape index (κ3) is 3.91. The summed E-state index contributed by atoms with van der Waals surface area (Å²) in [7, 11) is 2.12. The molecular weight excluding hydrogens is 396 g/mol. The van der Waals surface area contributed by atoms with Crippen LogP contribution in [0, 0.1) is 6.92 Å². The maximum absolute atomic E-state index is 13.6. The molecule has 0 spiro atoms. The van der Waals surface area contributed by atoms with Crippen LogP contribution in [-0.2, 0) is 6.42 Å². The van der Waals surface area contributed by atoms with Crippen LogP contribution in [0.5, 0.6) is 0 Å². The van der Waals surface area contributed by atoms with Crippen molar-refractivity contribution in [3.63, 3.8) is 0 Å². The number of amides is 1. The van der Waals surface area contributed by atoms with Crippen LogP contribution in [0.2, 0.25) is 0 Å². The van der Waals surface area contributed by atoms with Crippen LogP contribution < -0.4 is 10.9 Å². The van der Waals surface area contributed by atoms with Gasteiger partial charge in [-0.15, -0.1) is 11.3 Å². The zero-order valence-electron chi connectivity index (χ0n) is 17.8. The SMILES string of the molecule is CCCc1nc2sc(C(=O)Nc3ccccc3)c(C)c2c(=O)n1C1CCN(C)CC1. The number of nitrogens with zero attached hydrogens (tertiary/aromatic N) is 3. The molecule has 1 amide bonds. The minimum Gasteiger partial charge on any atom is -0.321 e. The molecule has 1 fully saturated rings. The van der Waals surface area contributed by atoms with Gasteiger partial charge in [0.05, 0.1) is 10.3 Å². The predicted octanol–water partition coefficient (Wildman–Crippen LogP) is 4.24. The number of hydrogen-bond acceptors (Lipinski definition) is 5. The molecule has 30 heavy (non-hydrogen) atoms. The second-order valence-corrected chi connectivity index (χ2v) is 9.04. The molecule has 4 rings (SSSR count). The highest BCUT2D eigenvalue weighted by molar-refractivity contribution is 7.20. The van der Waals surface area contributed by atoms with E-state index >= 15 is 0 Å². The van der Waals surface area contributed by atoms with Gasteiger partial charge in [-0.25, -0.2) is 4.98 Å². The van der Waals surface area contributed by atoms with Crippen molar-refractivity contribution in [2.75, 3.05) is 25.5 Å². The number of aryl methyl sites for hydroxylation is 2. The molecule has 3 heterocycles. The Labute approximate surface area is 180 Å². The number of para-hydroxylation sites is 1. The summed E-state index contributed by atoms with van der Waals surface area (Å²) in [6.45, 7) is 5.93. The first-order valence-electron chi connectivity index (χ1n) is 10.6. The van der Waals surface area contributed by atoms with Gasteiger partial charge in [-0.1, -0.05) is 25.1 Å². The molecular formula is C23H28N4O2S. The highest BCUT2D eigenvalue weighted by Crippen LogP contribution is 2.30. The number of likely N-dealkylation sites (tertiary alicyclic amines) is 1. The summed E-state index contributed by atoms with van der Waals surface area (Å²) in [5.41, 5.74) is 1.47. The molecule has 0 bridgehead atoms. The second kappa shape index (κ2) is 8.70. The molecule has 1 saturated heterocycles. The maximum atomic E-state index is 13.6. The molecule has 3 aromatic rings. The summed E-state index contributed by atoms with van der Waals surface area (Å²) in [6.07, 6.45) is 3.59. The normalized spacial score (nSPS) is 15.6. The summed E-state index contributed by atoms with van der Waals surface area (Å²) in [5.74, 6) is 0.657. The lowest BCUT2D eigenvalue weighted by molar-refractivity contribution is 0.103. The number of carbonyl (C=O) groups is 1. The topological polar surface area (TPSA) is 67.2 Å². The number of fused-ring (bicyclic) bond motifs is 1. The number of anilines is 1. The molecule has 7 heteroatoms. The zero-order valence-corrected chi connectivity index (χ0v) is 18.6. The number of thiophene rings is 1. The van der Waals surface area contributed by atoms with Crippen LogP contribution in [0.3, 0.4) is 0 Å². The van der Waals surface area contributed by atoms with Gasteiger partial charge in [-0.2, -0.15) is 0 Å². The molecule has 0 unspecified atom stereocenters. The Kier molecular flexibility index (Phi) is 6.01. The van der Waals surface area contributed by atoms with Crippen molar-refractivity contribution in [2.24, 2.45) is 0 Å². The third-order valence-corrected chi connectivity index (χ3v) is 7.02. The molecule has 0 radical (unpaired) electrons. The number of hydrogen-bond donors (Lipinski definition) is 1. The van der Waals surface area contributed by atoms with Crippen LogP contribution in [-0.4, -0.2) is 40.5 Å². The fourth-order valence-electron chi connectivity index (χ4n) is 4.19. The number of piperidine rings is 1. The van der Waals surface area contributed by atoms with Crippen LogP contribution in [0.4, 0.5) is 5.69 Å². The van der Waals surface area contributed by atoms with E-state index in [2.05, 4.69) is 24.2 Å². The molecule has 6 nitrogen and oxygen atoms in total. The zero-order chi connectivity index (χ0) is 21.3.